The molecule has 0 amide bonds. The van der Waals surface area contributed by atoms with E-state index in [0.29, 0.717) is 29.7 Å². The first-order valence-corrected chi connectivity index (χ1v) is 7.02. The Morgan fingerprint density at radius 1 is 1.05 bits per heavy atom. The third-order valence-electron chi connectivity index (χ3n) is 3.23. The monoisotopic (exact) mass is 293 g/mol. The van der Waals surface area contributed by atoms with Crippen molar-refractivity contribution in [3.8, 4) is 17.2 Å². The number of furan rings is 1. The average molecular weight is 293 g/mol. The molecule has 1 N–H and O–H groups in total. The molecule has 0 fully saturated rings. The van der Waals surface area contributed by atoms with Gasteiger partial charge in [0.2, 0.25) is 5.75 Å². The highest BCUT2D eigenvalue weighted by molar-refractivity contribution is 5.90. The fraction of sp³-hybridized carbons (Fsp3) is 0.500. The van der Waals surface area contributed by atoms with Crippen molar-refractivity contribution in [2.24, 2.45) is 5.92 Å². The molecule has 2 aromatic rings. The fourth-order valence-corrected chi connectivity index (χ4v) is 2.28. The highest BCUT2D eigenvalue weighted by Crippen LogP contribution is 2.44. The Morgan fingerprint density at radius 3 is 2.33 bits per heavy atom. The molecule has 21 heavy (non-hydrogen) atoms. The van der Waals surface area contributed by atoms with Gasteiger partial charge in [-0.2, -0.15) is 0 Å². The molecule has 0 bridgehead atoms. The van der Waals surface area contributed by atoms with E-state index in [-0.39, 0.29) is 0 Å². The number of fused-ring (bicyclic) bond motifs is 1. The molecule has 0 unspecified atom stereocenters. The molecule has 0 radical (unpaired) electrons. The normalized spacial score (nSPS) is 11.1. The zero-order chi connectivity index (χ0) is 15.4. The van der Waals surface area contributed by atoms with Gasteiger partial charge in [0.25, 0.3) is 0 Å². The van der Waals surface area contributed by atoms with Crippen LogP contribution in [0.1, 0.15) is 19.6 Å². The zero-order valence-electron chi connectivity index (χ0n) is 13.3. The van der Waals surface area contributed by atoms with E-state index in [2.05, 4.69) is 19.2 Å². The van der Waals surface area contributed by atoms with Crippen LogP contribution in [0.2, 0.25) is 0 Å². The largest absolute Gasteiger partial charge is 0.493 e. The predicted molar refractivity (Wildman–Crippen MR) is 82.4 cm³/mol. The van der Waals surface area contributed by atoms with E-state index >= 15 is 0 Å². The first kappa shape index (κ1) is 15.5. The van der Waals surface area contributed by atoms with E-state index in [9.17, 15) is 0 Å². The maximum Gasteiger partial charge on any atom is 0.204 e. The van der Waals surface area contributed by atoms with Crippen molar-refractivity contribution < 1.29 is 18.6 Å². The van der Waals surface area contributed by atoms with Crippen LogP contribution >= 0.6 is 0 Å². The molecule has 5 nitrogen and oxygen atoms in total. The van der Waals surface area contributed by atoms with E-state index in [1.54, 1.807) is 21.3 Å². The molecule has 0 aliphatic heterocycles. The minimum atomic E-state index is 0.579. The molecule has 0 spiro atoms. The minimum Gasteiger partial charge on any atom is -0.493 e. The summed E-state index contributed by atoms with van der Waals surface area (Å²) in [5.74, 6) is 3.27. The van der Waals surface area contributed by atoms with Gasteiger partial charge in [-0.1, -0.05) is 13.8 Å². The molecule has 0 aliphatic carbocycles. The number of rotatable bonds is 7. The summed E-state index contributed by atoms with van der Waals surface area (Å²) in [7, 11) is 4.80. The predicted octanol–water partition coefficient (Wildman–Crippen LogP) is 3.20. The van der Waals surface area contributed by atoms with E-state index in [0.717, 1.165) is 23.3 Å². The Labute approximate surface area is 125 Å². The Balaban J connectivity index is 2.37. The third-order valence-corrected chi connectivity index (χ3v) is 3.23. The number of hydrogen-bond donors (Lipinski definition) is 1. The second-order valence-electron chi connectivity index (χ2n) is 5.29. The first-order chi connectivity index (χ1) is 10.1. The molecule has 116 valence electrons. The van der Waals surface area contributed by atoms with Crippen LogP contribution in [0.5, 0.6) is 17.2 Å². The maximum absolute atomic E-state index is 5.86. The van der Waals surface area contributed by atoms with Crippen LogP contribution < -0.4 is 19.5 Å². The molecular weight excluding hydrogens is 270 g/mol. The van der Waals surface area contributed by atoms with Gasteiger partial charge in [-0.15, -0.1) is 0 Å². The molecule has 2 rings (SSSR count). The Bertz CT molecular complexity index is 604. The topological polar surface area (TPSA) is 52.9 Å². The van der Waals surface area contributed by atoms with Crippen molar-refractivity contribution in [3.05, 3.63) is 17.9 Å². The lowest BCUT2D eigenvalue weighted by Gasteiger charge is -2.12. The Morgan fingerprint density at radius 2 is 1.76 bits per heavy atom. The van der Waals surface area contributed by atoms with Gasteiger partial charge in [0, 0.05) is 6.07 Å². The van der Waals surface area contributed by atoms with Gasteiger partial charge in [0.1, 0.15) is 11.3 Å². The molecule has 1 heterocycles. The zero-order valence-corrected chi connectivity index (χ0v) is 13.3. The molecule has 1 aromatic carbocycles. The van der Waals surface area contributed by atoms with Crippen molar-refractivity contribution in [2.45, 2.75) is 20.4 Å². The Kier molecular flexibility index (Phi) is 4.96. The number of nitrogens with one attached hydrogen (secondary N) is 1. The standard InChI is InChI=1S/C16H23NO4/c1-10(2)8-17-9-11-6-12-13(21-11)7-14(18-3)16(20-5)15(12)19-4/h6-7,10,17H,8-9H2,1-5H3. The van der Waals surface area contributed by atoms with Crippen LogP contribution in [0.4, 0.5) is 0 Å². The van der Waals surface area contributed by atoms with E-state index in [1.165, 1.54) is 0 Å². The Hall–Kier alpha value is -1.88. The first-order valence-electron chi connectivity index (χ1n) is 7.02. The summed E-state index contributed by atoms with van der Waals surface area (Å²) in [5, 5.41) is 4.25. The van der Waals surface area contributed by atoms with Gasteiger partial charge < -0.3 is 23.9 Å². The van der Waals surface area contributed by atoms with Crippen molar-refractivity contribution >= 4 is 11.0 Å². The quantitative estimate of drug-likeness (QED) is 0.849. The molecule has 0 atom stereocenters. The molecule has 1 aromatic heterocycles. The van der Waals surface area contributed by atoms with Gasteiger partial charge in [0.15, 0.2) is 11.5 Å². The minimum absolute atomic E-state index is 0.579. The molecular formula is C16H23NO4. The second-order valence-corrected chi connectivity index (χ2v) is 5.29. The van der Waals surface area contributed by atoms with Gasteiger partial charge in [-0.3, -0.25) is 0 Å². The summed E-state index contributed by atoms with van der Waals surface area (Å²) in [4.78, 5) is 0. The van der Waals surface area contributed by atoms with Crippen molar-refractivity contribution in [1.29, 1.82) is 0 Å². The fourth-order valence-electron chi connectivity index (χ4n) is 2.28. The van der Waals surface area contributed by atoms with Crippen LogP contribution in [0, 0.1) is 5.92 Å². The smallest absolute Gasteiger partial charge is 0.204 e. The van der Waals surface area contributed by atoms with Crippen LogP contribution in [-0.2, 0) is 6.54 Å². The van der Waals surface area contributed by atoms with Crippen LogP contribution in [0.3, 0.4) is 0 Å². The summed E-state index contributed by atoms with van der Waals surface area (Å²) in [5.41, 5.74) is 0.728. The highest BCUT2D eigenvalue weighted by atomic mass is 16.5. The summed E-state index contributed by atoms with van der Waals surface area (Å²) < 4.78 is 22.0. The van der Waals surface area contributed by atoms with Gasteiger partial charge >= 0.3 is 0 Å². The van der Waals surface area contributed by atoms with Crippen molar-refractivity contribution in [1.82, 2.24) is 5.32 Å². The lowest BCUT2D eigenvalue weighted by Crippen LogP contribution is -2.18. The number of ether oxygens (including phenoxy) is 3. The van der Waals surface area contributed by atoms with Gasteiger partial charge in [0.05, 0.1) is 33.3 Å². The SMILES string of the molecule is COc1cc2oc(CNCC(C)C)cc2c(OC)c1OC. The van der Waals surface area contributed by atoms with Crippen molar-refractivity contribution in [3.63, 3.8) is 0 Å². The van der Waals surface area contributed by atoms with Gasteiger partial charge in [-0.25, -0.2) is 0 Å². The van der Waals surface area contributed by atoms with E-state index in [1.807, 2.05) is 12.1 Å². The van der Waals surface area contributed by atoms with E-state index < -0.39 is 0 Å². The van der Waals surface area contributed by atoms with Crippen LogP contribution in [0.15, 0.2) is 16.5 Å². The van der Waals surface area contributed by atoms with E-state index in [4.69, 9.17) is 18.6 Å². The summed E-state index contributed by atoms with van der Waals surface area (Å²) in [6, 6.07) is 3.80. The molecule has 0 aliphatic rings. The lowest BCUT2D eigenvalue weighted by atomic mass is 10.2. The summed E-state index contributed by atoms with van der Waals surface area (Å²) >= 11 is 0. The second kappa shape index (κ2) is 6.72. The number of hydrogen-bond acceptors (Lipinski definition) is 5. The average Bonchev–Trinajstić information content (AvgIpc) is 2.86. The molecule has 5 heteroatoms. The van der Waals surface area contributed by atoms with Gasteiger partial charge in [-0.05, 0) is 18.5 Å². The van der Waals surface area contributed by atoms with Crippen molar-refractivity contribution in [2.75, 3.05) is 27.9 Å². The number of benzene rings is 1. The highest BCUT2D eigenvalue weighted by Gasteiger charge is 2.19. The summed E-state index contributed by atoms with van der Waals surface area (Å²) in [6.07, 6.45) is 0. The third kappa shape index (κ3) is 3.24. The molecule has 0 saturated carbocycles. The number of methoxy groups -OCH3 is 3. The van der Waals surface area contributed by atoms with Crippen LogP contribution in [-0.4, -0.2) is 27.9 Å². The van der Waals surface area contributed by atoms with Crippen LogP contribution in [0.25, 0.3) is 11.0 Å². The molecule has 0 saturated heterocycles. The summed E-state index contributed by atoms with van der Waals surface area (Å²) in [6.45, 7) is 5.97. The lowest BCUT2D eigenvalue weighted by molar-refractivity contribution is 0.326. The maximum atomic E-state index is 5.86.